The summed E-state index contributed by atoms with van der Waals surface area (Å²) < 4.78 is 2.34. The van der Waals surface area contributed by atoms with Gasteiger partial charge in [-0.3, -0.25) is 0 Å². The molecule has 0 unspecified atom stereocenters. The van der Waals surface area contributed by atoms with E-state index in [1.54, 1.807) is 0 Å². The Morgan fingerprint density at radius 1 is 0.267 bits per heavy atom. The molecule has 14 aromatic rings. The topological polar surface area (TPSA) is 9.29 Å². The first-order valence-corrected chi connectivity index (χ1v) is 29.9. The van der Waals surface area contributed by atoms with Gasteiger partial charge in [0.25, 0.3) is 0 Å². The monoisotopic (exact) mass is 1110 g/mol. The number of aromatic nitrogens is 1. The molecule has 0 fully saturated rings. The van der Waals surface area contributed by atoms with Crippen LogP contribution in [0.5, 0.6) is 0 Å². The van der Waals surface area contributed by atoms with Crippen molar-refractivity contribution < 1.29 is 0 Å². The molecule has 0 bridgehead atoms. The number of hydrogen-bond donors (Lipinski definition) is 0. The van der Waals surface area contributed by atoms with Gasteiger partial charge in [-0.1, -0.05) is 319 Å². The maximum absolute atomic E-state index is 6.88. The maximum Gasteiger partial charge on any atom is 0.187 e. The van der Waals surface area contributed by atoms with E-state index in [2.05, 4.69) is 333 Å². The first-order chi connectivity index (χ1) is 41.7. The first-order valence-electron chi connectivity index (χ1n) is 29.9. The van der Waals surface area contributed by atoms with Crippen molar-refractivity contribution in [1.82, 2.24) is 4.57 Å². The molecule has 424 valence electrons. The van der Waals surface area contributed by atoms with Gasteiger partial charge in [0.15, 0.2) is 5.69 Å². The molecule has 1 aromatic heterocycles. The van der Waals surface area contributed by atoms with Gasteiger partial charge in [0.05, 0.1) is 17.6 Å². The molecular formula is C84H78N2. The zero-order chi connectivity index (χ0) is 60.5. The van der Waals surface area contributed by atoms with Crippen LogP contribution in [-0.2, 0) is 0 Å². The van der Waals surface area contributed by atoms with Gasteiger partial charge in [-0.15, -0.1) is 0 Å². The van der Waals surface area contributed by atoms with Crippen LogP contribution in [-0.4, -0.2) is 4.57 Å². The van der Waals surface area contributed by atoms with Crippen LogP contribution >= 0.6 is 0 Å². The summed E-state index contributed by atoms with van der Waals surface area (Å²) in [5.74, 6) is 0.653. The van der Waals surface area contributed by atoms with Crippen LogP contribution in [0.15, 0.2) is 285 Å². The predicted octanol–water partition coefficient (Wildman–Crippen LogP) is 24.2. The lowest BCUT2D eigenvalue weighted by molar-refractivity contribution is 0.866. The van der Waals surface area contributed by atoms with Crippen molar-refractivity contribution in [2.24, 2.45) is 0 Å². The van der Waals surface area contributed by atoms with Crippen LogP contribution in [0.2, 0.25) is 0 Å². The SMILES string of the molecule is Cc1ccc(-c2cccc(C)c2)cc1.Cc1ccc(-n2c3ccccc3c3ccccc32)cc1.Cc1ccc(C(C)C)cc1.Cc1ccc(C)cc1.Cc1ccc2c3ccccc3c3ccccc3c2c1.[C-]#[N+]c1ccc(-c2cccc(C)c2)cc1. The summed E-state index contributed by atoms with van der Waals surface area (Å²) in [5, 5.41) is 10.7. The average molecular weight is 1120 g/mol. The lowest BCUT2D eigenvalue weighted by Crippen LogP contribution is -1.93. The highest BCUT2D eigenvalue weighted by Crippen LogP contribution is 2.36. The summed E-state index contributed by atoms with van der Waals surface area (Å²) in [6.07, 6.45) is 0. The van der Waals surface area contributed by atoms with Gasteiger partial charge >= 0.3 is 0 Å². The normalized spacial score (nSPS) is 10.5. The van der Waals surface area contributed by atoms with Crippen molar-refractivity contribution in [1.29, 1.82) is 0 Å². The van der Waals surface area contributed by atoms with Crippen LogP contribution < -0.4 is 0 Å². The molecule has 1 heterocycles. The van der Waals surface area contributed by atoms with Crippen molar-refractivity contribution in [3.63, 3.8) is 0 Å². The van der Waals surface area contributed by atoms with Crippen LogP contribution in [0.4, 0.5) is 5.69 Å². The highest BCUT2D eigenvalue weighted by molar-refractivity contribution is 6.25. The molecule has 14 rings (SSSR count). The third kappa shape index (κ3) is 15.6. The summed E-state index contributed by atoms with van der Waals surface area (Å²) in [6, 6.07) is 100. The number of nitrogens with zero attached hydrogens (tertiary/aromatic N) is 2. The third-order valence-corrected chi connectivity index (χ3v) is 15.5. The Hall–Kier alpha value is -10.1. The maximum atomic E-state index is 6.88. The number of benzene rings is 13. The third-order valence-electron chi connectivity index (χ3n) is 15.5. The van der Waals surface area contributed by atoms with Gasteiger partial charge in [0.2, 0.25) is 0 Å². The van der Waals surface area contributed by atoms with E-state index in [4.69, 9.17) is 6.57 Å². The fraction of sp³-hybridized carbons (Fsp3) is 0.131. The van der Waals surface area contributed by atoms with Crippen molar-refractivity contribution in [2.75, 3.05) is 0 Å². The van der Waals surface area contributed by atoms with Crippen LogP contribution in [0.1, 0.15) is 69.8 Å². The second kappa shape index (κ2) is 29.0. The van der Waals surface area contributed by atoms with Crippen molar-refractivity contribution >= 4 is 59.8 Å². The summed E-state index contributed by atoms with van der Waals surface area (Å²) >= 11 is 0. The molecule has 2 nitrogen and oxygen atoms in total. The van der Waals surface area contributed by atoms with E-state index in [1.807, 2.05) is 30.3 Å². The van der Waals surface area contributed by atoms with Crippen LogP contribution in [0.3, 0.4) is 0 Å². The summed E-state index contributed by atoms with van der Waals surface area (Å²) in [5.41, 5.74) is 21.3. The van der Waals surface area contributed by atoms with E-state index in [0.717, 1.165) is 5.56 Å². The molecule has 0 aliphatic rings. The highest BCUT2D eigenvalue weighted by atomic mass is 15.0. The molecular weight excluding hydrogens is 1040 g/mol. The van der Waals surface area contributed by atoms with Gasteiger partial charge < -0.3 is 4.57 Å². The van der Waals surface area contributed by atoms with E-state index >= 15 is 0 Å². The number of rotatable bonds is 4. The van der Waals surface area contributed by atoms with Crippen molar-refractivity contribution in [3.05, 3.63) is 347 Å². The molecule has 0 spiro atoms. The smallest absolute Gasteiger partial charge is 0.187 e. The zero-order valence-corrected chi connectivity index (χ0v) is 51.6. The van der Waals surface area contributed by atoms with Crippen LogP contribution in [0, 0.1) is 62.0 Å². The Kier molecular flexibility index (Phi) is 20.4. The molecule has 0 saturated carbocycles. The first kappa shape index (κ1) is 60.5. The van der Waals surface area contributed by atoms with E-state index in [1.165, 1.54) is 127 Å². The van der Waals surface area contributed by atoms with E-state index in [9.17, 15) is 0 Å². The Bertz CT molecular complexity index is 4430. The Morgan fingerprint density at radius 3 is 1.00 bits per heavy atom. The van der Waals surface area contributed by atoms with Crippen molar-refractivity contribution in [2.45, 2.75) is 75.2 Å². The molecule has 86 heavy (non-hydrogen) atoms. The van der Waals surface area contributed by atoms with E-state index in [-0.39, 0.29) is 0 Å². The standard InChI is InChI=1S/C19H15N.C19H14.C14H11N.C14H14.C10H14.C8H10/c1-14-10-12-15(13-11-14)20-18-8-4-2-6-16(18)17-7-3-5-9-19(17)20;1-13-10-11-18-16-8-3-2-6-14(16)15-7-4-5-9-17(15)19(18)12-13;1-11-4-3-5-13(10-11)12-6-8-14(15-2)9-7-12;1-11-6-8-13(9-7-11)14-5-3-4-12(2)10-14;1-8(2)10-6-4-9(3)5-7-10;1-7-3-5-8(2)6-4-7/h2-13H,1H3;2-12H,1H3;3-10H,1H3;3-10H,1-2H3;4-8H,1-3H3;3-6H,1-2H3. The fourth-order valence-corrected chi connectivity index (χ4v) is 10.6. The quantitative estimate of drug-likeness (QED) is 0.123. The molecule has 2 heteroatoms. The lowest BCUT2D eigenvalue weighted by Gasteiger charge is -2.10. The molecule has 0 atom stereocenters. The van der Waals surface area contributed by atoms with Gasteiger partial charge in [-0.05, 0) is 146 Å². The average Bonchev–Trinajstić information content (AvgIpc) is 1.38. The Balaban J connectivity index is 0.000000126. The number of aryl methyl sites for hydroxylation is 8. The largest absolute Gasteiger partial charge is 0.309 e. The fourth-order valence-electron chi connectivity index (χ4n) is 10.6. The second-order valence-electron chi connectivity index (χ2n) is 22.8. The van der Waals surface area contributed by atoms with Crippen molar-refractivity contribution in [3.8, 4) is 27.9 Å². The highest BCUT2D eigenvalue weighted by Gasteiger charge is 2.11. The lowest BCUT2D eigenvalue weighted by atomic mass is 9.93. The minimum absolute atomic E-state index is 0.653. The zero-order valence-electron chi connectivity index (χ0n) is 51.6. The van der Waals surface area contributed by atoms with Gasteiger partial charge in [-0.2, -0.15) is 0 Å². The van der Waals surface area contributed by atoms with Gasteiger partial charge in [0, 0.05) is 16.5 Å². The van der Waals surface area contributed by atoms with E-state index in [0.29, 0.717) is 11.6 Å². The summed E-state index contributed by atoms with van der Waals surface area (Å²) in [6.45, 7) is 28.2. The minimum atomic E-state index is 0.653. The van der Waals surface area contributed by atoms with E-state index < -0.39 is 0 Å². The Labute approximate surface area is 511 Å². The molecule has 0 aliphatic carbocycles. The molecule has 0 N–H and O–H groups in total. The molecule has 0 saturated heterocycles. The number of fused-ring (bicyclic) bond motifs is 9. The molecule has 0 aliphatic heterocycles. The predicted molar refractivity (Wildman–Crippen MR) is 375 cm³/mol. The molecule has 0 amide bonds. The summed E-state index contributed by atoms with van der Waals surface area (Å²) in [4.78, 5) is 3.37. The van der Waals surface area contributed by atoms with Gasteiger partial charge in [0.1, 0.15) is 0 Å². The van der Waals surface area contributed by atoms with Crippen LogP contribution in [0.25, 0.3) is 86.9 Å². The minimum Gasteiger partial charge on any atom is -0.309 e. The number of hydrogen-bond acceptors (Lipinski definition) is 0. The van der Waals surface area contributed by atoms with Gasteiger partial charge in [-0.25, -0.2) is 4.85 Å². The number of para-hydroxylation sites is 2. The molecule has 0 radical (unpaired) electrons. The summed E-state index contributed by atoms with van der Waals surface area (Å²) in [7, 11) is 0. The Morgan fingerprint density at radius 2 is 0.593 bits per heavy atom. The molecule has 13 aromatic carbocycles. The second-order valence-corrected chi connectivity index (χ2v) is 22.8.